The van der Waals surface area contributed by atoms with E-state index in [1.54, 1.807) is 34.2 Å². The number of piperidine rings is 2. The van der Waals surface area contributed by atoms with Crippen molar-refractivity contribution in [2.75, 3.05) is 102 Å². The summed E-state index contributed by atoms with van der Waals surface area (Å²) >= 11 is 0. The number of methoxy groups -OCH3 is 1. The van der Waals surface area contributed by atoms with E-state index in [-0.39, 0.29) is 17.7 Å². The molecule has 0 spiro atoms. The van der Waals surface area contributed by atoms with Gasteiger partial charge in [0.2, 0.25) is 17.7 Å². The first-order valence-corrected chi connectivity index (χ1v) is 26.8. The van der Waals surface area contributed by atoms with Gasteiger partial charge in [0.05, 0.1) is 19.8 Å². The minimum atomic E-state index is 0.177. The van der Waals surface area contributed by atoms with Crippen LogP contribution in [0.25, 0.3) is 0 Å². The highest BCUT2D eigenvalue weighted by molar-refractivity contribution is 5.74. The number of nitrogens with one attached hydrogen (secondary N) is 1. The Balaban J connectivity index is 0.000000199. The molecule has 3 aromatic heterocycles. The lowest BCUT2D eigenvalue weighted by Gasteiger charge is -2.34. The first-order chi connectivity index (χ1) is 33.9. The van der Waals surface area contributed by atoms with Gasteiger partial charge < -0.3 is 39.3 Å². The predicted molar refractivity (Wildman–Crippen MR) is 286 cm³/mol. The van der Waals surface area contributed by atoms with Crippen LogP contribution in [0.4, 0.5) is 17.3 Å². The summed E-state index contributed by atoms with van der Waals surface area (Å²) < 4.78 is 10.7. The molecule has 0 unspecified atom stereocenters. The Morgan fingerprint density at radius 2 is 1.27 bits per heavy atom. The number of rotatable bonds is 15. The van der Waals surface area contributed by atoms with Crippen LogP contribution in [0, 0.1) is 11.8 Å². The van der Waals surface area contributed by atoms with Gasteiger partial charge in [-0.2, -0.15) is 0 Å². The summed E-state index contributed by atoms with van der Waals surface area (Å²) in [5, 5.41) is 3.68. The van der Waals surface area contributed by atoms with Crippen LogP contribution in [-0.4, -0.2) is 151 Å². The van der Waals surface area contributed by atoms with E-state index in [1.165, 1.54) is 18.4 Å². The van der Waals surface area contributed by atoms with E-state index in [2.05, 4.69) is 104 Å². The van der Waals surface area contributed by atoms with E-state index >= 15 is 0 Å². The largest absolute Gasteiger partial charge is 0.383 e. The van der Waals surface area contributed by atoms with Crippen molar-refractivity contribution in [2.45, 2.75) is 156 Å². The van der Waals surface area contributed by atoms with Crippen LogP contribution in [0.2, 0.25) is 0 Å². The number of anilines is 3. The van der Waals surface area contributed by atoms with Crippen LogP contribution < -0.4 is 15.1 Å². The SMILES string of the molecule is CC(=O)N(C)C1CCC(Cc2cc(C(C)C)ncn2)CC1.CC(=O)N1CCC(Nc2cc(C(C)C)nc(N3CCOCC3)c2)CC1.COCCN(C)c1cc(CC2CCN(C(C)=O)CC2)cc(C(C)C)n1. The number of carbonyl (C=O) groups excluding carboxylic acids is 3. The molecular weight excluding hydrogens is 893 g/mol. The molecule has 3 aromatic rings. The van der Waals surface area contributed by atoms with Gasteiger partial charge in [0.15, 0.2) is 0 Å². The molecule has 0 aromatic carbocycles. The molecule has 71 heavy (non-hydrogen) atoms. The number of morpholine rings is 1. The monoisotopic (exact) mass is 983 g/mol. The number of hydrogen-bond donors (Lipinski definition) is 1. The van der Waals surface area contributed by atoms with Gasteiger partial charge in [-0.05, 0) is 124 Å². The molecule has 0 atom stereocenters. The number of amides is 3. The maximum Gasteiger partial charge on any atom is 0.219 e. The second-order valence-corrected chi connectivity index (χ2v) is 21.4. The highest BCUT2D eigenvalue weighted by Crippen LogP contribution is 2.31. The zero-order valence-corrected chi connectivity index (χ0v) is 45.7. The molecule has 7 rings (SSSR count). The van der Waals surface area contributed by atoms with E-state index < -0.39 is 0 Å². The standard InChI is InChI=1S/C20H33N3O2.C19H30N4O2.C17H27N3O/c1-15(2)19-13-18(14-20(21-19)22(4)10-11-25-5)12-17-6-8-23(9-7-17)16(3)24;1-14(2)18-12-17(13-19(21-18)23-8-10-25-11-9-23)20-16-4-6-22(7-5-16)15(3)24;1-12(2)17-10-15(18-11-19-17)9-14-5-7-16(8-6-14)20(4)13(3)21/h13-15,17H,6-12H2,1-5H3;12-14,16H,4-11H2,1-3H3,(H,20,21);10-12,14,16H,5-9H2,1-4H3. The molecular formula is C56H90N10O5. The zero-order chi connectivity index (χ0) is 51.6. The summed E-state index contributed by atoms with van der Waals surface area (Å²) in [4.78, 5) is 63.1. The van der Waals surface area contributed by atoms with Crippen LogP contribution in [0.5, 0.6) is 0 Å². The topological polar surface area (TPSA) is 149 Å². The fraction of sp³-hybridized carbons (Fsp3) is 0.696. The number of ether oxygens (including phenoxy) is 2. The summed E-state index contributed by atoms with van der Waals surface area (Å²) in [6.07, 6.45) is 12.6. The number of pyridine rings is 2. The summed E-state index contributed by atoms with van der Waals surface area (Å²) in [5.74, 6) is 5.22. The number of likely N-dealkylation sites (N-methyl/N-ethyl adjacent to an activating group) is 1. The van der Waals surface area contributed by atoms with Gasteiger partial charge in [0.1, 0.15) is 18.0 Å². The van der Waals surface area contributed by atoms with E-state index in [0.29, 0.717) is 48.3 Å². The zero-order valence-electron chi connectivity index (χ0n) is 45.7. The number of aromatic nitrogens is 4. The van der Waals surface area contributed by atoms with Gasteiger partial charge in [-0.1, -0.05) is 41.5 Å². The number of likely N-dealkylation sites (tertiary alicyclic amines) is 2. The van der Waals surface area contributed by atoms with E-state index in [0.717, 1.165) is 150 Å². The highest BCUT2D eigenvalue weighted by atomic mass is 16.5. The normalized spacial score (nSPS) is 18.9. The first-order valence-electron chi connectivity index (χ1n) is 26.8. The van der Waals surface area contributed by atoms with Gasteiger partial charge in [0.25, 0.3) is 0 Å². The molecule has 3 amide bonds. The van der Waals surface area contributed by atoms with Crippen molar-refractivity contribution < 1.29 is 23.9 Å². The molecule has 394 valence electrons. The lowest BCUT2D eigenvalue weighted by molar-refractivity contribution is -0.131. The molecule has 0 radical (unpaired) electrons. The Hall–Kier alpha value is -4.89. The molecule has 4 fully saturated rings. The molecule has 15 nitrogen and oxygen atoms in total. The fourth-order valence-electron chi connectivity index (χ4n) is 9.91. The van der Waals surface area contributed by atoms with E-state index in [4.69, 9.17) is 19.4 Å². The van der Waals surface area contributed by atoms with Gasteiger partial charge >= 0.3 is 0 Å². The lowest BCUT2D eigenvalue weighted by atomic mass is 9.82. The van der Waals surface area contributed by atoms with Crippen molar-refractivity contribution in [3.8, 4) is 0 Å². The molecule has 6 heterocycles. The average Bonchev–Trinajstić information content (AvgIpc) is 3.36. The lowest BCUT2D eigenvalue weighted by Crippen LogP contribution is -2.41. The third kappa shape index (κ3) is 18.3. The van der Waals surface area contributed by atoms with Crippen LogP contribution in [0.1, 0.15) is 160 Å². The molecule has 1 N–H and O–H groups in total. The molecule has 1 saturated carbocycles. The van der Waals surface area contributed by atoms with Crippen molar-refractivity contribution in [1.29, 1.82) is 0 Å². The van der Waals surface area contributed by atoms with Gasteiger partial charge in [-0.25, -0.2) is 19.9 Å². The van der Waals surface area contributed by atoms with E-state index in [9.17, 15) is 14.4 Å². The Bertz CT molecular complexity index is 2110. The van der Waals surface area contributed by atoms with Crippen LogP contribution >= 0.6 is 0 Å². The number of hydrogen-bond acceptors (Lipinski definition) is 12. The average molecular weight is 983 g/mol. The van der Waals surface area contributed by atoms with Crippen molar-refractivity contribution in [1.82, 2.24) is 34.6 Å². The fourth-order valence-corrected chi connectivity index (χ4v) is 9.91. The summed E-state index contributed by atoms with van der Waals surface area (Å²) in [7, 11) is 5.72. The van der Waals surface area contributed by atoms with Crippen molar-refractivity contribution in [3.63, 3.8) is 0 Å². The quantitative estimate of drug-likeness (QED) is 0.155. The Kier molecular flexibility index (Phi) is 22.8. The molecule has 4 aliphatic rings. The van der Waals surface area contributed by atoms with Crippen LogP contribution in [0.15, 0.2) is 36.7 Å². The molecule has 15 heteroatoms. The first kappa shape index (κ1) is 57.0. The summed E-state index contributed by atoms with van der Waals surface area (Å²) in [6, 6.07) is 11.8. The Labute approximate surface area is 427 Å². The predicted octanol–water partition coefficient (Wildman–Crippen LogP) is 8.73. The van der Waals surface area contributed by atoms with Gasteiger partial charge in [-0.3, -0.25) is 14.4 Å². The van der Waals surface area contributed by atoms with Crippen molar-refractivity contribution in [2.24, 2.45) is 11.8 Å². The second kappa shape index (κ2) is 28.4. The third-order valence-electron chi connectivity index (χ3n) is 14.9. The summed E-state index contributed by atoms with van der Waals surface area (Å²) in [5.41, 5.74) is 7.06. The minimum Gasteiger partial charge on any atom is -0.383 e. The molecule has 3 saturated heterocycles. The molecule has 3 aliphatic heterocycles. The maximum atomic E-state index is 11.5. The molecule has 1 aliphatic carbocycles. The second-order valence-electron chi connectivity index (χ2n) is 21.4. The van der Waals surface area contributed by atoms with Crippen molar-refractivity contribution >= 4 is 35.0 Å². The van der Waals surface area contributed by atoms with Crippen LogP contribution in [0.3, 0.4) is 0 Å². The third-order valence-corrected chi connectivity index (χ3v) is 14.9. The number of nitrogens with zero attached hydrogens (tertiary/aromatic N) is 9. The van der Waals surface area contributed by atoms with Gasteiger partial charge in [0, 0.05) is 134 Å². The Morgan fingerprint density at radius 3 is 1.83 bits per heavy atom. The van der Waals surface area contributed by atoms with Gasteiger partial charge in [-0.15, -0.1) is 0 Å². The number of carbonyl (C=O) groups is 3. The molecule has 0 bridgehead atoms. The minimum absolute atomic E-state index is 0.177. The maximum absolute atomic E-state index is 11.5. The Morgan fingerprint density at radius 1 is 0.690 bits per heavy atom. The van der Waals surface area contributed by atoms with Crippen LogP contribution in [-0.2, 0) is 36.7 Å². The summed E-state index contributed by atoms with van der Waals surface area (Å²) in [6.45, 7) is 26.3. The smallest absolute Gasteiger partial charge is 0.219 e. The van der Waals surface area contributed by atoms with Crippen molar-refractivity contribution in [3.05, 3.63) is 65.0 Å². The highest BCUT2D eigenvalue weighted by Gasteiger charge is 2.27. The van der Waals surface area contributed by atoms with E-state index in [1.807, 2.05) is 21.7 Å².